The number of nitrogens with one attached hydrogen (secondary N) is 2. The third-order valence-electron chi connectivity index (χ3n) is 6.45. The standard InChI is InChI=1S/C21H36N4O2/c1-4-22-21(26)25-13-5-6-18(19-11-12-23-24-19)20(25)14-27-17-9-7-16(8-10-17)15(2)3/h11-12,15-18,20H,4-10,13-14H2,1-3H3,(H,22,26)(H,23,24)/t16?,17?,18-,20+/m1/s1. The molecule has 0 radical (unpaired) electrons. The summed E-state index contributed by atoms with van der Waals surface area (Å²) in [7, 11) is 0. The predicted octanol–water partition coefficient (Wildman–Crippen LogP) is 3.92. The molecule has 6 nitrogen and oxygen atoms in total. The zero-order valence-corrected chi connectivity index (χ0v) is 17.1. The van der Waals surface area contributed by atoms with Crippen LogP contribution in [0.25, 0.3) is 0 Å². The first-order valence-corrected chi connectivity index (χ1v) is 10.8. The van der Waals surface area contributed by atoms with Gasteiger partial charge in [0.1, 0.15) is 0 Å². The molecule has 2 aliphatic rings. The maximum Gasteiger partial charge on any atom is 0.317 e. The summed E-state index contributed by atoms with van der Waals surface area (Å²) in [6.07, 6.45) is 9.01. The SMILES string of the molecule is CCNC(=O)N1CCC[C@H](c2ccn[nH]2)[C@@H]1COC1CCC(C(C)C)CC1. The van der Waals surface area contributed by atoms with Crippen molar-refractivity contribution in [2.75, 3.05) is 19.7 Å². The van der Waals surface area contributed by atoms with Gasteiger partial charge in [0.25, 0.3) is 0 Å². The van der Waals surface area contributed by atoms with Crippen molar-refractivity contribution < 1.29 is 9.53 Å². The highest BCUT2D eigenvalue weighted by Crippen LogP contribution is 2.34. The zero-order chi connectivity index (χ0) is 19.2. The second-order valence-corrected chi connectivity index (χ2v) is 8.47. The second-order valence-electron chi connectivity index (χ2n) is 8.47. The fraction of sp³-hybridized carbons (Fsp3) is 0.810. The molecule has 2 fully saturated rings. The molecule has 2 N–H and O–H groups in total. The molecule has 0 unspecified atom stereocenters. The molecule has 27 heavy (non-hydrogen) atoms. The number of aromatic nitrogens is 2. The van der Waals surface area contributed by atoms with Gasteiger partial charge in [0, 0.05) is 30.9 Å². The molecule has 0 aromatic carbocycles. The van der Waals surface area contributed by atoms with Gasteiger partial charge in [-0.05, 0) is 63.4 Å². The van der Waals surface area contributed by atoms with Gasteiger partial charge in [-0.3, -0.25) is 5.10 Å². The van der Waals surface area contributed by atoms with Crippen LogP contribution in [-0.2, 0) is 4.74 Å². The maximum atomic E-state index is 12.6. The van der Waals surface area contributed by atoms with Crippen molar-refractivity contribution in [1.29, 1.82) is 0 Å². The van der Waals surface area contributed by atoms with E-state index in [4.69, 9.17) is 4.74 Å². The van der Waals surface area contributed by atoms with E-state index < -0.39 is 0 Å². The van der Waals surface area contributed by atoms with Crippen molar-refractivity contribution in [3.8, 4) is 0 Å². The van der Waals surface area contributed by atoms with Crippen LogP contribution in [-0.4, -0.2) is 53.0 Å². The quantitative estimate of drug-likeness (QED) is 0.790. The van der Waals surface area contributed by atoms with Crippen LogP contribution in [0.2, 0.25) is 0 Å². The van der Waals surface area contributed by atoms with Crippen molar-refractivity contribution in [1.82, 2.24) is 20.4 Å². The molecule has 1 aliphatic heterocycles. The van der Waals surface area contributed by atoms with Gasteiger partial charge in [-0.2, -0.15) is 5.10 Å². The van der Waals surface area contributed by atoms with E-state index in [1.807, 2.05) is 17.9 Å². The largest absolute Gasteiger partial charge is 0.376 e. The number of ether oxygens (including phenoxy) is 1. The number of likely N-dealkylation sites (tertiary alicyclic amines) is 1. The lowest BCUT2D eigenvalue weighted by atomic mass is 9.80. The topological polar surface area (TPSA) is 70.2 Å². The molecule has 3 rings (SSSR count). The normalized spacial score (nSPS) is 29.1. The number of piperidine rings is 1. The fourth-order valence-corrected chi connectivity index (χ4v) is 4.76. The Morgan fingerprint density at radius 1 is 1.33 bits per heavy atom. The minimum absolute atomic E-state index is 0.0267. The number of amides is 2. The van der Waals surface area contributed by atoms with Gasteiger partial charge >= 0.3 is 6.03 Å². The number of rotatable bonds is 6. The number of urea groups is 1. The van der Waals surface area contributed by atoms with Crippen molar-refractivity contribution in [2.24, 2.45) is 11.8 Å². The molecule has 1 aromatic rings. The minimum Gasteiger partial charge on any atom is -0.376 e. The van der Waals surface area contributed by atoms with E-state index in [1.54, 1.807) is 6.20 Å². The molecular weight excluding hydrogens is 340 g/mol. The molecule has 152 valence electrons. The van der Waals surface area contributed by atoms with Gasteiger partial charge in [-0.1, -0.05) is 13.8 Å². The Bertz CT molecular complexity index is 567. The van der Waals surface area contributed by atoms with Crippen LogP contribution in [0.4, 0.5) is 4.79 Å². The van der Waals surface area contributed by atoms with Gasteiger partial charge < -0.3 is 15.0 Å². The molecule has 2 heterocycles. The third kappa shape index (κ3) is 5.03. The molecule has 0 bridgehead atoms. The number of hydrogen-bond donors (Lipinski definition) is 2. The number of aromatic amines is 1. The molecule has 2 atom stereocenters. The summed E-state index contributed by atoms with van der Waals surface area (Å²) in [6.45, 7) is 8.67. The summed E-state index contributed by atoms with van der Waals surface area (Å²) in [5.41, 5.74) is 1.11. The summed E-state index contributed by atoms with van der Waals surface area (Å²) >= 11 is 0. The summed E-state index contributed by atoms with van der Waals surface area (Å²) in [6, 6.07) is 2.12. The van der Waals surface area contributed by atoms with Gasteiger partial charge in [0.05, 0.1) is 18.8 Å². The second kappa shape index (κ2) is 9.58. The van der Waals surface area contributed by atoms with Crippen LogP contribution in [0.5, 0.6) is 0 Å². The van der Waals surface area contributed by atoms with Crippen molar-refractivity contribution in [3.05, 3.63) is 18.0 Å². The predicted molar refractivity (Wildman–Crippen MR) is 107 cm³/mol. The molecular formula is C21H36N4O2. The molecule has 0 spiro atoms. The lowest BCUT2D eigenvalue weighted by molar-refractivity contribution is -0.0238. The van der Waals surface area contributed by atoms with Crippen LogP contribution in [0.1, 0.15) is 70.9 Å². The van der Waals surface area contributed by atoms with Crippen LogP contribution in [0, 0.1) is 11.8 Å². The van der Waals surface area contributed by atoms with Crippen molar-refractivity contribution >= 4 is 6.03 Å². The Balaban J connectivity index is 1.64. The summed E-state index contributed by atoms with van der Waals surface area (Å²) in [5.74, 6) is 1.86. The van der Waals surface area contributed by atoms with Gasteiger partial charge in [0.2, 0.25) is 0 Å². The smallest absolute Gasteiger partial charge is 0.317 e. The average Bonchev–Trinajstić information content (AvgIpc) is 3.21. The fourth-order valence-electron chi connectivity index (χ4n) is 4.76. The zero-order valence-electron chi connectivity index (χ0n) is 17.1. The first-order chi connectivity index (χ1) is 13.1. The van der Waals surface area contributed by atoms with E-state index in [9.17, 15) is 4.79 Å². The number of hydrogen-bond acceptors (Lipinski definition) is 3. The Morgan fingerprint density at radius 3 is 2.74 bits per heavy atom. The van der Waals surface area contributed by atoms with Crippen LogP contribution < -0.4 is 5.32 Å². The van der Waals surface area contributed by atoms with E-state index in [0.717, 1.165) is 49.8 Å². The highest BCUT2D eigenvalue weighted by molar-refractivity contribution is 5.74. The Labute approximate surface area is 163 Å². The maximum absolute atomic E-state index is 12.6. The number of carbonyl (C=O) groups excluding carboxylic acids is 1. The molecule has 1 saturated carbocycles. The molecule has 1 aliphatic carbocycles. The van der Waals surface area contributed by atoms with E-state index in [-0.39, 0.29) is 18.0 Å². The van der Waals surface area contributed by atoms with Crippen molar-refractivity contribution in [2.45, 2.75) is 77.4 Å². The molecule has 1 aromatic heterocycles. The molecule has 1 saturated heterocycles. The lowest BCUT2D eigenvalue weighted by Gasteiger charge is -2.41. The highest BCUT2D eigenvalue weighted by Gasteiger charge is 2.37. The van der Waals surface area contributed by atoms with Gasteiger partial charge in [0.15, 0.2) is 0 Å². The molecule has 2 amide bonds. The number of carbonyl (C=O) groups is 1. The first kappa shape index (κ1) is 20.2. The van der Waals surface area contributed by atoms with Crippen LogP contribution in [0.3, 0.4) is 0 Å². The van der Waals surface area contributed by atoms with Crippen LogP contribution >= 0.6 is 0 Å². The monoisotopic (exact) mass is 376 g/mol. The first-order valence-electron chi connectivity index (χ1n) is 10.8. The third-order valence-corrected chi connectivity index (χ3v) is 6.45. The number of nitrogens with zero attached hydrogens (tertiary/aromatic N) is 2. The van der Waals surface area contributed by atoms with Crippen LogP contribution in [0.15, 0.2) is 12.3 Å². The van der Waals surface area contributed by atoms with Gasteiger partial charge in [-0.25, -0.2) is 4.79 Å². The summed E-state index contributed by atoms with van der Waals surface area (Å²) in [5, 5.41) is 10.2. The van der Waals surface area contributed by atoms with E-state index >= 15 is 0 Å². The Hall–Kier alpha value is -1.56. The Morgan fingerprint density at radius 2 is 2.11 bits per heavy atom. The lowest BCUT2D eigenvalue weighted by Crippen LogP contribution is -2.53. The molecule has 6 heteroatoms. The Kier molecular flexibility index (Phi) is 7.16. The van der Waals surface area contributed by atoms with E-state index in [0.29, 0.717) is 19.3 Å². The average molecular weight is 377 g/mol. The van der Waals surface area contributed by atoms with Crippen molar-refractivity contribution in [3.63, 3.8) is 0 Å². The highest BCUT2D eigenvalue weighted by atomic mass is 16.5. The van der Waals surface area contributed by atoms with E-state index in [1.165, 1.54) is 12.8 Å². The van der Waals surface area contributed by atoms with Gasteiger partial charge in [-0.15, -0.1) is 0 Å². The number of H-pyrrole nitrogens is 1. The summed E-state index contributed by atoms with van der Waals surface area (Å²) < 4.78 is 6.38. The minimum atomic E-state index is 0.0267. The van der Waals surface area contributed by atoms with E-state index in [2.05, 4.69) is 29.4 Å². The summed E-state index contributed by atoms with van der Waals surface area (Å²) in [4.78, 5) is 14.6.